The van der Waals surface area contributed by atoms with Crippen LogP contribution in [0.25, 0.3) is 0 Å². The Morgan fingerprint density at radius 2 is 1.00 bits per heavy atom. The van der Waals surface area contributed by atoms with Crippen LogP contribution in [-0.2, 0) is 0 Å². The molecule has 0 aliphatic rings. The topological polar surface area (TPSA) is 24.1 Å². The molecule has 0 saturated carbocycles. The summed E-state index contributed by atoms with van der Waals surface area (Å²) in [5, 5.41) is 0. The normalized spacial score (nSPS) is 13.9. The van der Waals surface area contributed by atoms with Gasteiger partial charge in [-0.05, 0) is 23.6 Å². The summed E-state index contributed by atoms with van der Waals surface area (Å²) in [5.41, 5.74) is 2.58. The van der Waals surface area contributed by atoms with E-state index >= 15 is 0 Å². The predicted octanol–water partition coefficient (Wildman–Crippen LogP) is 4.20. The van der Waals surface area contributed by atoms with Gasteiger partial charge >= 0.3 is 0 Å². The van der Waals surface area contributed by atoms with Gasteiger partial charge in [0.25, 0.3) is 0 Å². The van der Waals surface area contributed by atoms with E-state index in [0.717, 1.165) is 0 Å². The summed E-state index contributed by atoms with van der Waals surface area (Å²) in [6.07, 6.45) is 4.13. The molecule has 0 saturated heterocycles. The van der Waals surface area contributed by atoms with E-state index in [9.17, 15) is 0 Å². The molecule has 2 aromatic rings. The first-order chi connectivity index (χ1) is 9.86. The van der Waals surface area contributed by atoms with Crippen molar-refractivity contribution in [3.05, 3.63) is 71.8 Å². The van der Waals surface area contributed by atoms with E-state index < -0.39 is 0 Å². The van der Waals surface area contributed by atoms with Gasteiger partial charge in [0.2, 0.25) is 0 Å². The molecule has 2 N–H and O–H groups in total. The maximum atomic E-state index is 3.52. The lowest BCUT2D eigenvalue weighted by atomic mass is 9.95. The fraction of sp³-hybridized carbons (Fsp3) is 0.250. The predicted molar refractivity (Wildman–Crippen MR) is 91.7 cm³/mol. The quantitative estimate of drug-likeness (QED) is 0.749. The van der Waals surface area contributed by atoms with Crippen LogP contribution in [0.5, 0.6) is 0 Å². The summed E-state index contributed by atoms with van der Waals surface area (Å²) in [7, 11) is 0. The van der Waals surface area contributed by atoms with Gasteiger partial charge in [-0.15, -0.1) is 0 Å². The van der Waals surface area contributed by atoms with Crippen molar-refractivity contribution in [2.75, 3.05) is 12.5 Å². The number of rotatable bonds is 7. The summed E-state index contributed by atoms with van der Waals surface area (Å²) >= 11 is 3.31. The maximum Gasteiger partial charge on any atom is 0.0624 e. The summed E-state index contributed by atoms with van der Waals surface area (Å²) in [4.78, 5) is 0. The highest BCUT2D eigenvalue weighted by molar-refractivity contribution is 7.97. The molecule has 0 aliphatic heterocycles. The Morgan fingerprint density at radius 1 is 0.650 bits per heavy atom. The standard InChI is InChI=1S/C16H20N2S2/c1-19-17-15(13-9-5-3-6-10-13)16(18-20-2)14-11-7-4-8-12-14/h3-12,15-18H,1-2H3/t15-,16-/m1/s1. The molecule has 20 heavy (non-hydrogen) atoms. The van der Waals surface area contributed by atoms with Crippen LogP contribution in [0.4, 0.5) is 0 Å². The van der Waals surface area contributed by atoms with Crippen molar-refractivity contribution in [2.45, 2.75) is 12.1 Å². The first-order valence-corrected chi connectivity index (χ1v) is 8.98. The summed E-state index contributed by atoms with van der Waals surface area (Å²) in [5.74, 6) is 0. The lowest BCUT2D eigenvalue weighted by Crippen LogP contribution is -2.29. The number of hydrogen-bond acceptors (Lipinski definition) is 4. The highest BCUT2D eigenvalue weighted by atomic mass is 32.2. The van der Waals surface area contributed by atoms with Gasteiger partial charge < -0.3 is 0 Å². The van der Waals surface area contributed by atoms with Gasteiger partial charge in [0, 0.05) is 0 Å². The van der Waals surface area contributed by atoms with Gasteiger partial charge in [-0.1, -0.05) is 84.6 Å². The minimum Gasteiger partial charge on any atom is -0.255 e. The Hall–Kier alpha value is -0.940. The molecule has 0 aliphatic carbocycles. The third kappa shape index (κ3) is 4.03. The van der Waals surface area contributed by atoms with Crippen molar-refractivity contribution in [1.82, 2.24) is 9.44 Å². The molecular formula is C16H20N2S2. The Kier molecular flexibility index (Phi) is 6.47. The van der Waals surface area contributed by atoms with Crippen molar-refractivity contribution in [3.63, 3.8) is 0 Å². The lowest BCUT2D eigenvalue weighted by molar-refractivity contribution is 0.515. The van der Waals surface area contributed by atoms with Crippen LogP contribution in [0, 0.1) is 0 Å². The lowest BCUT2D eigenvalue weighted by Gasteiger charge is -2.28. The summed E-state index contributed by atoms with van der Waals surface area (Å²) < 4.78 is 7.05. The highest BCUT2D eigenvalue weighted by Gasteiger charge is 2.23. The van der Waals surface area contributed by atoms with E-state index in [0.29, 0.717) is 0 Å². The van der Waals surface area contributed by atoms with Crippen LogP contribution in [-0.4, -0.2) is 12.5 Å². The smallest absolute Gasteiger partial charge is 0.0624 e. The van der Waals surface area contributed by atoms with E-state index in [1.807, 2.05) is 0 Å². The molecule has 0 aromatic heterocycles. The molecule has 2 nitrogen and oxygen atoms in total. The Morgan fingerprint density at radius 3 is 1.30 bits per heavy atom. The van der Waals surface area contributed by atoms with Crippen molar-refractivity contribution >= 4 is 23.9 Å². The average molecular weight is 304 g/mol. The van der Waals surface area contributed by atoms with Crippen LogP contribution in [0.3, 0.4) is 0 Å². The summed E-state index contributed by atoms with van der Waals surface area (Å²) in [6, 6.07) is 21.6. The first-order valence-electron chi connectivity index (χ1n) is 6.53. The maximum absolute atomic E-state index is 3.52. The van der Waals surface area contributed by atoms with E-state index in [4.69, 9.17) is 0 Å². The van der Waals surface area contributed by atoms with Gasteiger partial charge in [0.1, 0.15) is 0 Å². The van der Waals surface area contributed by atoms with Crippen molar-refractivity contribution in [3.8, 4) is 0 Å². The van der Waals surface area contributed by atoms with Gasteiger partial charge in [-0.2, -0.15) is 0 Å². The third-order valence-electron chi connectivity index (χ3n) is 3.14. The Balaban J connectivity index is 2.33. The van der Waals surface area contributed by atoms with Crippen molar-refractivity contribution < 1.29 is 0 Å². The number of benzene rings is 2. The van der Waals surface area contributed by atoms with Gasteiger partial charge in [0.05, 0.1) is 12.1 Å². The molecule has 106 valence electrons. The van der Waals surface area contributed by atoms with E-state index in [1.165, 1.54) is 11.1 Å². The molecule has 2 atom stereocenters. The minimum atomic E-state index is 0.223. The van der Waals surface area contributed by atoms with Gasteiger partial charge in [-0.3, -0.25) is 9.44 Å². The molecule has 0 radical (unpaired) electrons. The Bertz CT molecular complexity index is 443. The van der Waals surface area contributed by atoms with Crippen LogP contribution in [0.2, 0.25) is 0 Å². The van der Waals surface area contributed by atoms with Gasteiger partial charge in [-0.25, -0.2) is 0 Å². The van der Waals surface area contributed by atoms with E-state index in [1.54, 1.807) is 23.9 Å². The van der Waals surface area contributed by atoms with Crippen LogP contribution >= 0.6 is 23.9 Å². The van der Waals surface area contributed by atoms with Crippen molar-refractivity contribution in [1.29, 1.82) is 0 Å². The monoisotopic (exact) mass is 304 g/mol. The second-order valence-electron chi connectivity index (χ2n) is 4.42. The SMILES string of the molecule is CSN[C@H](c1ccccc1)[C@H](NSC)c1ccccc1. The molecule has 0 spiro atoms. The second kappa shape index (κ2) is 8.37. The average Bonchev–Trinajstić information content (AvgIpc) is 2.52. The number of nitrogens with one attached hydrogen (secondary N) is 2. The molecule has 0 heterocycles. The Labute approximate surface area is 130 Å². The van der Waals surface area contributed by atoms with Crippen LogP contribution < -0.4 is 9.44 Å². The fourth-order valence-corrected chi connectivity index (χ4v) is 3.28. The second-order valence-corrected chi connectivity index (χ2v) is 5.71. The van der Waals surface area contributed by atoms with E-state index in [2.05, 4.69) is 82.6 Å². The third-order valence-corrected chi connectivity index (χ3v) is 4.12. The van der Waals surface area contributed by atoms with E-state index in [-0.39, 0.29) is 12.1 Å². The molecule has 0 fully saturated rings. The largest absolute Gasteiger partial charge is 0.255 e. The van der Waals surface area contributed by atoms with Crippen LogP contribution in [0.1, 0.15) is 23.2 Å². The highest BCUT2D eigenvalue weighted by Crippen LogP contribution is 2.31. The molecule has 2 rings (SSSR count). The first kappa shape index (κ1) is 15.4. The molecule has 0 unspecified atom stereocenters. The molecule has 0 bridgehead atoms. The molecule has 0 amide bonds. The fourth-order valence-electron chi connectivity index (χ4n) is 2.23. The zero-order chi connectivity index (χ0) is 14.2. The minimum absolute atomic E-state index is 0.223. The number of hydrogen-bond donors (Lipinski definition) is 2. The summed E-state index contributed by atoms with van der Waals surface area (Å²) in [6.45, 7) is 0. The zero-order valence-corrected chi connectivity index (χ0v) is 13.4. The van der Waals surface area contributed by atoms with Gasteiger partial charge in [0.15, 0.2) is 0 Å². The van der Waals surface area contributed by atoms with Crippen LogP contribution in [0.15, 0.2) is 60.7 Å². The molecular weight excluding hydrogens is 284 g/mol. The molecule has 2 aromatic carbocycles. The molecule has 4 heteroatoms. The zero-order valence-electron chi connectivity index (χ0n) is 11.7. The van der Waals surface area contributed by atoms with Crippen molar-refractivity contribution in [2.24, 2.45) is 0 Å².